The highest BCUT2D eigenvalue weighted by molar-refractivity contribution is 7.20. The van der Waals surface area contributed by atoms with Crippen LogP contribution in [0.3, 0.4) is 0 Å². The minimum atomic E-state index is -0.802. The predicted molar refractivity (Wildman–Crippen MR) is 111 cm³/mol. The standard InChI is InChI=1S/C20H17N3O3S2/c1-26-20(25)15(9-12-10-21-14-6-3-2-5-13(12)14)22-18(24)16-11-28-19(23-16)17-7-4-8-27-17/h2-8,10-11,15,21H,9H2,1H3,(H,22,24). The first kappa shape index (κ1) is 18.4. The molecule has 4 aromatic rings. The molecule has 0 bridgehead atoms. The van der Waals surface area contributed by atoms with E-state index in [1.807, 2.05) is 48.0 Å². The normalized spacial score (nSPS) is 12.0. The number of hydrogen-bond donors (Lipinski definition) is 2. The molecule has 1 atom stereocenters. The summed E-state index contributed by atoms with van der Waals surface area (Å²) in [6.45, 7) is 0. The Labute approximate surface area is 169 Å². The average molecular weight is 412 g/mol. The molecule has 0 saturated carbocycles. The Morgan fingerprint density at radius 1 is 1.21 bits per heavy atom. The van der Waals surface area contributed by atoms with Crippen LogP contribution >= 0.6 is 22.7 Å². The number of esters is 1. The van der Waals surface area contributed by atoms with E-state index in [1.54, 1.807) is 16.7 Å². The van der Waals surface area contributed by atoms with Gasteiger partial charge in [0.15, 0.2) is 0 Å². The number of nitrogens with zero attached hydrogens (tertiary/aromatic N) is 1. The molecule has 0 radical (unpaired) electrons. The molecule has 8 heteroatoms. The molecule has 6 nitrogen and oxygen atoms in total. The van der Waals surface area contributed by atoms with Gasteiger partial charge in [0.25, 0.3) is 5.91 Å². The van der Waals surface area contributed by atoms with Gasteiger partial charge in [-0.2, -0.15) is 0 Å². The Morgan fingerprint density at radius 3 is 2.86 bits per heavy atom. The maximum atomic E-state index is 12.7. The molecule has 0 spiro atoms. The lowest BCUT2D eigenvalue weighted by molar-refractivity contribution is -0.142. The van der Waals surface area contributed by atoms with Crippen LogP contribution in [0.4, 0.5) is 0 Å². The van der Waals surface area contributed by atoms with Crippen LogP contribution in [-0.2, 0) is 16.0 Å². The van der Waals surface area contributed by atoms with Crippen LogP contribution in [0.15, 0.2) is 53.4 Å². The second-order valence-electron chi connectivity index (χ2n) is 6.13. The van der Waals surface area contributed by atoms with Gasteiger partial charge in [0, 0.05) is 28.9 Å². The molecule has 2 N–H and O–H groups in total. The van der Waals surface area contributed by atoms with E-state index in [-0.39, 0.29) is 0 Å². The minimum absolute atomic E-state index is 0.293. The van der Waals surface area contributed by atoms with Crippen molar-refractivity contribution >= 4 is 45.5 Å². The van der Waals surface area contributed by atoms with Gasteiger partial charge in [-0.3, -0.25) is 4.79 Å². The number of carbonyl (C=O) groups excluding carboxylic acids is 2. The predicted octanol–water partition coefficient (Wildman–Crippen LogP) is 3.87. The molecular weight excluding hydrogens is 394 g/mol. The van der Waals surface area contributed by atoms with Crippen LogP contribution < -0.4 is 5.32 Å². The fraction of sp³-hybridized carbons (Fsp3) is 0.150. The fourth-order valence-electron chi connectivity index (χ4n) is 2.98. The zero-order valence-electron chi connectivity index (χ0n) is 15.0. The van der Waals surface area contributed by atoms with Crippen LogP contribution in [0.25, 0.3) is 20.8 Å². The van der Waals surface area contributed by atoms with Gasteiger partial charge in [0.1, 0.15) is 16.7 Å². The number of methoxy groups -OCH3 is 1. The first-order chi connectivity index (χ1) is 13.7. The topological polar surface area (TPSA) is 84.1 Å². The molecule has 1 unspecified atom stereocenters. The smallest absolute Gasteiger partial charge is 0.328 e. The average Bonchev–Trinajstić information content (AvgIpc) is 3.46. The summed E-state index contributed by atoms with van der Waals surface area (Å²) in [7, 11) is 1.31. The van der Waals surface area contributed by atoms with Gasteiger partial charge >= 0.3 is 5.97 Å². The van der Waals surface area contributed by atoms with E-state index in [0.717, 1.165) is 26.4 Å². The van der Waals surface area contributed by atoms with Gasteiger partial charge in [0.05, 0.1) is 12.0 Å². The third-order valence-electron chi connectivity index (χ3n) is 4.36. The summed E-state index contributed by atoms with van der Waals surface area (Å²) in [6, 6.07) is 10.9. The van der Waals surface area contributed by atoms with Gasteiger partial charge < -0.3 is 15.0 Å². The number of ether oxygens (including phenoxy) is 1. The number of rotatable bonds is 6. The second kappa shape index (κ2) is 7.95. The summed E-state index contributed by atoms with van der Waals surface area (Å²) in [4.78, 5) is 33.5. The van der Waals surface area contributed by atoms with Crippen LogP contribution in [0.1, 0.15) is 16.1 Å². The number of benzene rings is 1. The van der Waals surface area contributed by atoms with Crippen LogP contribution in [0, 0.1) is 0 Å². The number of hydrogen-bond acceptors (Lipinski definition) is 6. The summed E-state index contributed by atoms with van der Waals surface area (Å²) < 4.78 is 4.89. The van der Waals surface area contributed by atoms with E-state index in [9.17, 15) is 9.59 Å². The van der Waals surface area contributed by atoms with E-state index in [1.165, 1.54) is 18.4 Å². The van der Waals surface area contributed by atoms with Crippen molar-refractivity contribution in [3.63, 3.8) is 0 Å². The number of amides is 1. The van der Waals surface area contributed by atoms with Crippen LogP contribution in [-0.4, -0.2) is 35.0 Å². The first-order valence-corrected chi connectivity index (χ1v) is 10.3. The maximum absolute atomic E-state index is 12.7. The third kappa shape index (κ3) is 3.69. The van der Waals surface area contributed by atoms with Crippen molar-refractivity contribution < 1.29 is 14.3 Å². The van der Waals surface area contributed by atoms with Gasteiger partial charge in [-0.05, 0) is 23.1 Å². The summed E-state index contributed by atoms with van der Waals surface area (Å²) in [6.07, 6.45) is 2.18. The summed E-state index contributed by atoms with van der Waals surface area (Å²) in [5.41, 5.74) is 2.21. The van der Waals surface area contributed by atoms with Crippen molar-refractivity contribution in [1.29, 1.82) is 0 Å². The summed E-state index contributed by atoms with van der Waals surface area (Å²) in [5, 5.41) is 8.22. The van der Waals surface area contributed by atoms with E-state index >= 15 is 0 Å². The summed E-state index contributed by atoms with van der Waals surface area (Å²) in [5.74, 6) is -0.887. The first-order valence-electron chi connectivity index (χ1n) is 8.59. The Morgan fingerprint density at radius 2 is 2.07 bits per heavy atom. The lowest BCUT2D eigenvalue weighted by Crippen LogP contribution is -2.43. The van der Waals surface area contributed by atoms with E-state index in [0.29, 0.717) is 12.1 Å². The van der Waals surface area contributed by atoms with Gasteiger partial charge in [-0.1, -0.05) is 24.3 Å². The van der Waals surface area contributed by atoms with Crippen molar-refractivity contribution in [3.8, 4) is 9.88 Å². The van der Waals surface area contributed by atoms with Crippen molar-refractivity contribution in [1.82, 2.24) is 15.3 Å². The Balaban J connectivity index is 1.53. The van der Waals surface area contributed by atoms with E-state index in [2.05, 4.69) is 15.3 Å². The van der Waals surface area contributed by atoms with Crippen molar-refractivity contribution in [2.24, 2.45) is 0 Å². The molecular formula is C20H17N3O3S2. The van der Waals surface area contributed by atoms with Crippen LogP contribution in [0.2, 0.25) is 0 Å². The van der Waals surface area contributed by atoms with Crippen molar-refractivity contribution in [2.75, 3.05) is 7.11 Å². The lowest BCUT2D eigenvalue weighted by atomic mass is 10.0. The Bertz CT molecular complexity index is 1110. The minimum Gasteiger partial charge on any atom is -0.467 e. The molecule has 0 aliphatic carbocycles. The number of thiophene rings is 1. The number of aromatic amines is 1. The molecule has 4 rings (SSSR count). The highest BCUT2D eigenvalue weighted by Gasteiger charge is 2.25. The molecule has 28 heavy (non-hydrogen) atoms. The number of carbonyl (C=O) groups is 2. The lowest BCUT2D eigenvalue weighted by Gasteiger charge is -2.15. The Kier molecular flexibility index (Phi) is 5.23. The van der Waals surface area contributed by atoms with Crippen molar-refractivity contribution in [2.45, 2.75) is 12.5 Å². The maximum Gasteiger partial charge on any atom is 0.328 e. The number of nitrogens with one attached hydrogen (secondary N) is 2. The molecule has 0 aliphatic heterocycles. The van der Waals surface area contributed by atoms with Gasteiger partial charge in [-0.15, -0.1) is 22.7 Å². The highest BCUT2D eigenvalue weighted by Crippen LogP contribution is 2.28. The highest BCUT2D eigenvalue weighted by atomic mass is 32.1. The van der Waals surface area contributed by atoms with E-state index in [4.69, 9.17) is 4.74 Å². The number of H-pyrrole nitrogens is 1. The monoisotopic (exact) mass is 411 g/mol. The molecule has 0 saturated heterocycles. The number of thiazole rings is 1. The number of aromatic nitrogens is 2. The number of fused-ring (bicyclic) bond motifs is 1. The molecule has 0 aliphatic rings. The van der Waals surface area contributed by atoms with Crippen LogP contribution in [0.5, 0.6) is 0 Å². The van der Waals surface area contributed by atoms with Crippen molar-refractivity contribution in [3.05, 3.63) is 64.6 Å². The quantitative estimate of drug-likeness (QED) is 0.472. The summed E-state index contributed by atoms with van der Waals surface area (Å²) >= 11 is 2.97. The molecule has 142 valence electrons. The largest absolute Gasteiger partial charge is 0.467 e. The number of para-hydroxylation sites is 1. The molecule has 1 amide bonds. The molecule has 1 aromatic carbocycles. The molecule has 3 heterocycles. The van der Waals surface area contributed by atoms with Gasteiger partial charge in [-0.25, -0.2) is 9.78 Å². The molecule has 0 fully saturated rings. The SMILES string of the molecule is COC(=O)C(Cc1c[nH]c2ccccc12)NC(=O)c1csc(-c2cccs2)n1. The van der Waals surface area contributed by atoms with E-state index < -0.39 is 17.9 Å². The van der Waals surface area contributed by atoms with Gasteiger partial charge in [0.2, 0.25) is 0 Å². The third-order valence-corrected chi connectivity index (χ3v) is 6.24. The zero-order chi connectivity index (χ0) is 19.5. The fourth-order valence-corrected chi connectivity index (χ4v) is 4.59. The Hall–Kier alpha value is -2.97. The second-order valence-corrected chi connectivity index (χ2v) is 7.93. The molecule has 3 aromatic heterocycles. The zero-order valence-corrected chi connectivity index (χ0v) is 16.6.